The molecule has 84 valence electrons. The first-order chi connectivity index (χ1) is 7.72. The Hall–Kier alpha value is -1.68. The fraction of sp³-hybridized carbons (Fsp3) is 0.333. The maximum atomic E-state index is 9.21. The van der Waals surface area contributed by atoms with Gasteiger partial charge in [-0.1, -0.05) is 6.07 Å². The van der Waals surface area contributed by atoms with Gasteiger partial charge in [-0.25, -0.2) is 0 Å². The Morgan fingerprint density at radius 1 is 1.38 bits per heavy atom. The van der Waals surface area contributed by atoms with E-state index < -0.39 is 0 Å². The van der Waals surface area contributed by atoms with Crippen molar-refractivity contribution in [2.75, 3.05) is 0 Å². The highest BCUT2D eigenvalue weighted by atomic mass is 16.3. The molecule has 2 heterocycles. The highest BCUT2D eigenvalue weighted by Crippen LogP contribution is 2.14. The third kappa shape index (κ3) is 1.97. The molecule has 0 unspecified atom stereocenters. The van der Waals surface area contributed by atoms with E-state index >= 15 is 0 Å². The molecular weight excluding hydrogens is 202 g/mol. The minimum Gasteiger partial charge on any atom is -0.392 e. The molecule has 0 atom stereocenters. The van der Waals surface area contributed by atoms with E-state index in [2.05, 4.69) is 10.1 Å². The molecule has 4 heteroatoms. The minimum atomic E-state index is 0.0463. The number of nitrogens with zero attached hydrogens (tertiary/aromatic N) is 3. The Bertz CT molecular complexity index is 477. The standard InChI is InChI=1S/C12H15N3O/c1-9-12(8-16)10(2)15(14-9)7-11-4-3-5-13-6-11/h3-6,16H,7-8H2,1-2H3. The zero-order valence-corrected chi connectivity index (χ0v) is 9.51. The van der Waals surface area contributed by atoms with Gasteiger partial charge in [0.05, 0.1) is 18.8 Å². The van der Waals surface area contributed by atoms with Crippen LogP contribution < -0.4 is 0 Å². The first-order valence-electron chi connectivity index (χ1n) is 5.25. The van der Waals surface area contributed by atoms with Crippen LogP contribution in [0.1, 0.15) is 22.5 Å². The third-order valence-electron chi connectivity index (χ3n) is 2.74. The number of aromatic nitrogens is 3. The van der Waals surface area contributed by atoms with Crippen LogP contribution in [0.5, 0.6) is 0 Å². The van der Waals surface area contributed by atoms with E-state index in [-0.39, 0.29) is 6.61 Å². The molecule has 0 saturated carbocycles. The normalized spacial score (nSPS) is 10.7. The molecule has 0 aliphatic heterocycles. The van der Waals surface area contributed by atoms with Gasteiger partial charge in [-0.05, 0) is 25.5 Å². The van der Waals surface area contributed by atoms with Crippen molar-refractivity contribution >= 4 is 0 Å². The summed E-state index contributed by atoms with van der Waals surface area (Å²) >= 11 is 0. The Labute approximate surface area is 94.6 Å². The Morgan fingerprint density at radius 3 is 2.75 bits per heavy atom. The van der Waals surface area contributed by atoms with Crippen LogP contribution in [0.25, 0.3) is 0 Å². The Balaban J connectivity index is 2.29. The van der Waals surface area contributed by atoms with Crippen LogP contribution in [-0.4, -0.2) is 19.9 Å². The summed E-state index contributed by atoms with van der Waals surface area (Å²) in [4.78, 5) is 4.07. The van der Waals surface area contributed by atoms with E-state index in [0.717, 1.165) is 22.5 Å². The molecule has 0 aliphatic rings. The van der Waals surface area contributed by atoms with Crippen LogP contribution in [0.3, 0.4) is 0 Å². The van der Waals surface area contributed by atoms with Crippen molar-refractivity contribution in [3.05, 3.63) is 47.0 Å². The summed E-state index contributed by atoms with van der Waals surface area (Å²) in [7, 11) is 0. The lowest BCUT2D eigenvalue weighted by molar-refractivity contribution is 0.280. The number of hydrogen-bond donors (Lipinski definition) is 1. The third-order valence-corrected chi connectivity index (χ3v) is 2.74. The van der Waals surface area contributed by atoms with E-state index in [1.54, 1.807) is 6.20 Å². The van der Waals surface area contributed by atoms with Crippen LogP contribution in [0.2, 0.25) is 0 Å². The lowest BCUT2D eigenvalue weighted by atomic mass is 10.2. The predicted octanol–water partition coefficient (Wildman–Crippen LogP) is 1.44. The summed E-state index contributed by atoms with van der Waals surface area (Å²) in [5, 5.41) is 13.6. The number of hydrogen-bond acceptors (Lipinski definition) is 3. The number of aryl methyl sites for hydroxylation is 1. The first kappa shape index (κ1) is 10.8. The Kier molecular flexibility index (Phi) is 3.01. The quantitative estimate of drug-likeness (QED) is 0.846. The monoisotopic (exact) mass is 217 g/mol. The Morgan fingerprint density at radius 2 is 2.19 bits per heavy atom. The molecule has 0 radical (unpaired) electrons. The summed E-state index contributed by atoms with van der Waals surface area (Å²) in [6.45, 7) is 4.63. The van der Waals surface area contributed by atoms with Gasteiger partial charge in [0.15, 0.2) is 0 Å². The van der Waals surface area contributed by atoms with Crippen molar-refractivity contribution in [2.24, 2.45) is 0 Å². The van der Waals surface area contributed by atoms with Gasteiger partial charge in [0.2, 0.25) is 0 Å². The summed E-state index contributed by atoms with van der Waals surface area (Å²) in [5.74, 6) is 0. The van der Waals surface area contributed by atoms with E-state index in [1.165, 1.54) is 0 Å². The molecule has 2 aromatic heterocycles. The number of aliphatic hydroxyl groups excluding tert-OH is 1. The smallest absolute Gasteiger partial charge is 0.0718 e. The highest BCUT2D eigenvalue weighted by molar-refractivity contribution is 5.24. The average Bonchev–Trinajstić information content (AvgIpc) is 2.55. The van der Waals surface area contributed by atoms with E-state index in [4.69, 9.17) is 0 Å². The molecule has 0 bridgehead atoms. The van der Waals surface area contributed by atoms with Gasteiger partial charge in [-0.3, -0.25) is 9.67 Å². The van der Waals surface area contributed by atoms with Gasteiger partial charge in [0.1, 0.15) is 0 Å². The van der Waals surface area contributed by atoms with Gasteiger partial charge in [-0.2, -0.15) is 5.10 Å². The zero-order chi connectivity index (χ0) is 11.5. The molecule has 0 spiro atoms. The van der Waals surface area contributed by atoms with Crippen LogP contribution in [-0.2, 0) is 13.2 Å². The zero-order valence-electron chi connectivity index (χ0n) is 9.51. The molecule has 0 saturated heterocycles. The molecule has 0 amide bonds. The molecule has 1 N–H and O–H groups in total. The molecule has 0 aliphatic carbocycles. The second-order valence-electron chi connectivity index (χ2n) is 3.83. The second-order valence-corrected chi connectivity index (χ2v) is 3.83. The summed E-state index contributed by atoms with van der Waals surface area (Å²) in [5.41, 5.74) is 3.94. The van der Waals surface area contributed by atoms with Crippen LogP contribution in [0, 0.1) is 13.8 Å². The molecule has 4 nitrogen and oxygen atoms in total. The fourth-order valence-electron chi connectivity index (χ4n) is 1.78. The maximum absolute atomic E-state index is 9.21. The second kappa shape index (κ2) is 4.45. The van der Waals surface area contributed by atoms with E-state index in [0.29, 0.717) is 6.54 Å². The number of rotatable bonds is 3. The van der Waals surface area contributed by atoms with Gasteiger partial charge >= 0.3 is 0 Å². The van der Waals surface area contributed by atoms with E-state index in [1.807, 2.05) is 36.9 Å². The van der Waals surface area contributed by atoms with Crippen molar-refractivity contribution in [3.8, 4) is 0 Å². The van der Waals surface area contributed by atoms with Crippen molar-refractivity contribution < 1.29 is 5.11 Å². The van der Waals surface area contributed by atoms with Crippen molar-refractivity contribution in [2.45, 2.75) is 27.0 Å². The number of aliphatic hydroxyl groups is 1. The molecule has 0 aromatic carbocycles. The number of pyridine rings is 1. The average molecular weight is 217 g/mol. The summed E-state index contributed by atoms with van der Waals surface area (Å²) < 4.78 is 1.90. The summed E-state index contributed by atoms with van der Waals surface area (Å²) in [6.07, 6.45) is 3.58. The van der Waals surface area contributed by atoms with Crippen molar-refractivity contribution in [1.29, 1.82) is 0 Å². The fourth-order valence-corrected chi connectivity index (χ4v) is 1.78. The maximum Gasteiger partial charge on any atom is 0.0718 e. The molecule has 16 heavy (non-hydrogen) atoms. The van der Waals surface area contributed by atoms with Gasteiger partial charge in [-0.15, -0.1) is 0 Å². The van der Waals surface area contributed by atoms with Crippen molar-refractivity contribution in [1.82, 2.24) is 14.8 Å². The topological polar surface area (TPSA) is 50.9 Å². The molecule has 0 fully saturated rings. The van der Waals surface area contributed by atoms with Gasteiger partial charge in [0.25, 0.3) is 0 Å². The van der Waals surface area contributed by atoms with Gasteiger partial charge in [0, 0.05) is 23.7 Å². The van der Waals surface area contributed by atoms with Crippen molar-refractivity contribution in [3.63, 3.8) is 0 Å². The first-order valence-corrected chi connectivity index (χ1v) is 5.25. The molecule has 2 aromatic rings. The highest BCUT2D eigenvalue weighted by Gasteiger charge is 2.10. The van der Waals surface area contributed by atoms with Gasteiger partial charge < -0.3 is 5.11 Å². The van der Waals surface area contributed by atoms with E-state index in [9.17, 15) is 5.11 Å². The molecular formula is C12H15N3O. The van der Waals surface area contributed by atoms with Crippen LogP contribution in [0.4, 0.5) is 0 Å². The largest absolute Gasteiger partial charge is 0.392 e. The van der Waals surface area contributed by atoms with Crippen LogP contribution in [0.15, 0.2) is 24.5 Å². The summed E-state index contributed by atoms with van der Waals surface area (Å²) in [6, 6.07) is 3.93. The minimum absolute atomic E-state index is 0.0463. The SMILES string of the molecule is Cc1nn(Cc2cccnc2)c(C)c1CO. The lowest BCUT2D eigenvalue weighted by Gasteiger charge is -2.04. The lowest BCUT2D eigenvalue weighted by Crippen LogP contribution is -2.04. The van der Waals surface area contributed by atoms with Crippen LogP contribution >= 0.6 is 0 Å². The molecule has 2 rings (SSSR count). The predicted molar refractivity (Wildman–Crippen MR) is 61.0 cm³/mol.